The molecule has 0 unspecified atom stereocenters. The molecule has 154 valence electrons. The van der Waals surface area contributed by atoms with Crippen LogP contribution in [0.4, 0.5) is 10.5 Å². The Morgan fingerprint density at radius 2 is 1.72 bits per heavy atom. The Bertz CT molecular complexity index is 1020. The van der Waals surface area contributed by atoms with E-state index in [2.05, 4.69) is 5.32 Å². The van der Waals surface area contributed by atoms with E-state index in [1.165, 1.54) is 38.4 Å². The molecule has 0 aliphatic carbocycles. The number of nitrogens with one attached hydrogen (secondary N) is 2. The number of rotatable bonds is 6. The SMILES string of the molecule is CNC(=O)NC(=O)COC(=O)c1cccc(S(=O)(=O)N(C)c2ccc(C)cc2)c1. The number of ether oxygens (including phenoxy) is 1. The van der Waals surface area contributed by atoms with Crippen LogP contribution in [0.3, 0.4) is 0 Å². The summed E-state index contributed by atoms with van der Waals surface area (Å²) in [4.78, 5) is 34.6. The van der Waals surface area contributed by atoms with Crippen molar-refractivity contribution in [2.45, 2.75) is 11.8 Å². The van der Waals surface area contributed by atoms with Crippen LogP contribution in [0.5, 0.6) is 0 Å². The number of urea groups is 1. The van der Waals surface area contributed by atoms with Crippen molar-refractivity contribution in [2.75, 3.05) is 25.0 Å². The second-order valence-corrected chi connectivity index (χ2v) is 8.01. The monoisotopic (exact) mass is 419 g/mol. The number of carbonyl (C=O) groups excluding carboxylic acids is 3. The average molecular weight is 419 g/mol. The van der Waals surface area contributed by atoms with Crippen molar-refractivity contribution in [3.05, 3.63) is 59.7 Å². The molecule has 0 spiro atoms. The largest absolute Gasteiger partial charge is 0.452 e. The van der Waals surface area contributed by atoms with E-state index in [0.717, 1.165) is 9.87 Å². The fraction of sp³-hybridized carbons (Fsp3) is 0.211. The van der Waals surface area contributed by atoms with Crippen molar-refractivity contribution in [1.29, 1.82) is 0 Å². The number of aryl methyl sites for hydroxylation is 1. The van der Waals surface area contributed by atoms with Crippen molar-refractivity contribution in [2.24, 2.45) is 0 Å². The second kappa shape index (κ2) is 9.20. The molecule has 2 aromatic carbocycles. The summed E-state index contributed by atoms with van der Waals surface area (Å²) in [6, 6.07) is 11.5. The van der Waals surface area contributed by atoms with Gasteiger partial charge in [-0.15, -0.1) is 0 Å². The lowest BCUT2D eigenvalue weighted by atomic mass is 10.2. The quantitative estimate of drug-likeness (QED) is 0.683. The first kappa shape index (κ1) is 21.9. The summed E-state index contributed by atoms with van der Waals surface area (Å²) < 4.78 is 31.7. The summed E-state index contributed by atoms with van der Waals surface area (Å²) in [5.74, 6) is -1.72. The fourth-order valence-corrected chi connectivity index (χ4v) is 3.52. The van der Waals surface area contributed by atoms with Gasteiger partial charge in [-0.2, -0.15) is 0 Å². The van der Waals surface area contributed by atoms with E-state index in [0.29, 0.717) is 5.69 Å². The van der Waals surface area contributed by atoms with Crippen molar-refractivity contribution >= 4 is 33.6 Å². The standard InChI is InChI=1S/C19H21N3O6S/c1-13-7-9-15(10-8-13)22(3)29(26,27)16-6-4-5-14(11-16)18(24)28-12-17(23)21-19(25)20-2/h4-11H,12H2,1-3H3,(H2,20,21,23,25). The highest BCUT2D eigenvalue weighted by Gasteiger charge is 2.23. The summed E-state index contributed by atoms with van der Waals surface area (Å²) in [6.07, 6.45) is 0. The Balaban J connectivity index is 2.15. The topological polar surface area (TPSA) is 122 Å². The maximum Gasteiger partial charge on any atom is 0.338 e. The number of amides is 3. The van der Waals surface area contributed by atoms with E-state index < -0.39 is 34.5 Å². The van der Waals surface area contributed by atoms with E-state index in [-0.39, 0.29) is 10.5 Å². The van der Waals surface area contributed by atoms with Gasteiger partial charge in [0.2, 0.25) is 0 Å². The van der Waals surface area contributed by atoms with Crippen molar-refractivity contribution in [3.63, 3.8) is 0 Å². The van der Waals surface area contributed by atoms with Gasteiger partial charge < -0.3 is 10.1 Å². The van der Waals surface area contributed by atoms with Gasteiger partial charge in [-0.3, -0.25) is 14.4 Å². The molecule has 0 fully saturated rings. The van der Waals surface area contributed by atoms with E-state index in [1.54, 1.807) is 24.3 Å². The number of hydrogen-bond donors (Lipinski definition) is 2. The second-order valence-electron chi connectivity index (χ2n) is 6.04. The lowest BCUT2D eigenvalue weighted by molar-refractivity contribution is -0.123. The van der Waals surface area contributed by atoms with Crippen LogP contribution in [0.1, 0.15) is 15.9 Å². The minimum Gasteiger partial charge on any atom is -0.452 e. The number of hydrogen-bond acceptors (Lipinski definition) is 6. The Morgan fingerprint density at radius 3 is 2.34 bits per heavy atom. The van der Waals surface area contributed by atoms with E-state index in [4.69, 9.17) is 4.74 Å². The number of anilines is 1. The zero-order valence-electron chi connectivity index (χ0n) is 16.1. The number of benzene rings is 2. The molecule has 9 nitrogen and oxygen atoms in total. The van der Waals surface area contributed by atoms with Crippen LogP contribution in [0, 0.1) is 6.92 Å². The lowest BCUT2D eigenvalue weighted by Gasteiger charge is -2.20. The maximum atomic E-state index is 12.9. The molecule has 0 heterocycles. The number of nitrogens with zero attached hydrogens (tertiary/aromatic N) is 1. The third-order valence-electron chi connectivity index (χ3n) is 3.94. The zero-order chi connectivity index (χ0) is 21.6. The molecule has 2 aromatic rings. The molecule has 10 heteroatoms. The lowest BCUT2D eigenvalue weighted by Crippen LogP contribution is -2.39. The number of sulfonamides is 1. The van der Waals surface area contributed by atoms with E-state index in [9.17, 15) is 22.8 Å². The van der Waals surface area contributed by atoms with Crippen molar-refractivity contribution < 1.29 is 27.5 Å². The molecule has 3 amide bonds. The Labute approximate surface area is 168 Å². The molecular formula is C19H21N3O6S. The zero-order valence-corrected chi connectivity index (χ0v) is 16.9. The first-order valence-corrected chi connectivity index (χ1v) is 9.93. The van der Waals surface area contributed by atoms with Gasteiger partial charge in [-0.25, -0.2) is 18.0 Å². The van der Waals surface area contributed by atoms with Crippen LogP contribution >= 0.6 is 0 Å². The molecular weight excluding hydrogens is 398 g/mol. The average Bonchev–Trinajstić information content (AvgIpc) is 2.72. The summed E-state index contributed by atoms with van der Waals surface area (Å²) in [5.41, 5.74) is 1.41. The van der Waals surface area contributed by atoms with Gasteiger partial charge in [0.05, 0.1) is 16.1 Å². The van der Waals surface area contributed by atoms with Gasteiger partial charge in [0.25, 0.3) is 15.9 Å². The van der Waals surface area contributed by atoms with Crippen LogP contribution < -0.4 is 14.9 Å². The number of esters is 1. The van der Waals surface area contributed by atoms with E-state index >= 15 is 0 Å². The molecule has 0 bridgehead atoms. The molecule has 2 rings (SSSR count). The van der Waals surface area contributed by atoms with Gasteiger partial charge in [-0.1, -0.05) is 23.8 Å². The van der Waals surface area contributed by atoms with Gasteiger partial charge in [-0.05, 0) is 37.3 Å². The highest BCUT2D eigenvalue weighted by atomic mass is 32.2. The normalized spacial score (nSPS) is 10.7. The van der Waals surface area contributed by atoms with Crippen LogP contribution in [0.2, 0.25) is 0 Å². The Hall–Kier alpha value is -3.40. The molecule has 0 aliphatic rings. The molecule has 0 saturated carbocycles. The molecule has 29 heavy (non-hydrogen) atoms. The summed E-state index contributed by atoms with van der Waals surface area (Å²) in [6.45, 7) is 1.20. The fourth-order valence-electron chi connectivity index (χ4n) is 2.27. The molecule has 0 saturated heterocycles. The third kappa shape index (κ3) is 5.55. The predicted molar refractivity (Wildman–Crippen MR) is 106 cm³/mol. The molecule has 2 N–H and O–H groups in total. The first-order chi connectivity index (χ1) is 13.6. The Kier molecular flexibility index (Phi) is 6.94. The number of imide groups is 1. The molecule has 0 aromatic heterocycles. The highest BCUT2D eigenvalue weighted by molar-refractivity contribution is 7.92. The summed E-state index contributed by atoms with van der Waals surface area (Å²) in [5, 5.41) is 4.12. The number of carbonyl (C=O) groups is 3. The van der Waals surface area contributed by atoms with Crippen molar-refractivity contribution in [1.82, 2.24) is 10.6 Å². The van der Waals surface area contributed by atoms with Crippen LogP contribution in [0.25, 0.3) is 0 Å². The maximum absolute atomic E-state index is 12.9. The summed E-state index contributed by atoms with van der Waals surface area (Å²) >= 11 is 0. The Morgan fingerprint density at radius 1 is 1.07 bits per heavy atom. The smallest absolute Gasteiger partial charge is 0.338 e. The van der Waals surface area contributed by atoms with Crippen LogP contribution in [-0.2, 0) is 19.6 Å². The first-order valence-electron chi connectivity index (χ1n) is 8.49. The third-order valence-corrected chi connectivity index (χ3v) is 5.72. The van der Waals surface area contributed by atoms with Gasteiger partial charge in [0.15, 0.2) is 6.61 Å². The van der Waals surface area contributed by atoms with Gasteiger partial charge in [0.1, 0.15) is 0 Å². The minimum atomic E-state index is -3.92. The minimum absolute atomic E-state index is 0.0453. The molecule has 0 radical (unpaired) electrons. The molecule has 0 atom stereocenters. The van der Waals surface area contributed by atoms with Gasteiger partial charge in [0, 0.05) is 14.1 Å². The summed E-state index contributed by atoms with van der Waals surface area (Å²) in [7, 11) is -1.18. The predicted octanol–water partition coefficient (Wildman–Crippen LogP) is 1.43. The van der Waals surface area contributed by atoms with Crippen LogP contribution in [-0.4, -0.2) is 47.0 Å². The molecule has 0 aliphatic heterocycles. The highest BCUT2D eigenvalue weighted by Crippen LogP contribution is 2.23. The van der Waals surface area contributed by atoms with Crippen LogP contribution in [0.15, 0.2) is 53.4 Å². The van der Waals surface area contributed by atoms with E-state index in [1.807, 2.05) is 12.2 Å². The van der Waals surface area contributed by atoms with Crippen molar-refractivity contribution in [3.8, 4) is 0 Å². The van der Waals surface area contributed by atoms with Gasteiger partial charge >= 0.3 is 12.0 Å².